The fourth-order valence-corrected chi connectivity index (χ4v) is 4.09. The van der Waals surface area contributed by atoms with Gasteiger partial charge in [-0.05, 0) is 48.1 Å². The monoisotopic (exact) mass is 355 g/mol. The van der Waals surface area contributed by atoms with Gasteiger partial charge in [-0.15, -0.1) is 11.3 Å². The zero-order valence-electron chi connectivity index (χ0n) is 14.0. The van der Waals surface area contributed by atoms with Crippen molar-refractivity contribution in [3.05, 3.63) is 52.2 Å². The van der Waals surface area contributed by atoms with E-state index in [0.717, 1.165) is 34.8 Å². The fourth-order valence-electron chi connectivity index (χ4n) is 3.47. The first-order valence-corrected chi connectivity index (χ1v) is 9.58. The molecule has 2 heterocycles. The fraction of sp³-hybridized carbons (Fsp3) is 0.350. The number of benzene rings is 1. The van der Waals surface area contributed by atoms with Crippen molar-refractivity contribution in [2.45, 2.75) is 38.3 Å². The summed E-state index contributed by atoms with van der Waals surface area (Å²) in [6.07, 6.45) is 8.19. The van der Waals surface area contributed by atoms with E-state index < -0.39 is 0 Å². The van der Waals surface area contributed by atoms with Crippen LogP contribution in [0.4, 0.5) is 0 Å². The molecular weight excluding hydrogens is 334 g/mol. The van der Waals surface area contributed by atoms with Crippen LogP contribution < -0.4 is 9.47 Å². The molecular formula is C20H21NO3S. The highest BCUT2D eigenvalue weighted by atomic mass is 32.1. The quantitative estimate of drug-likeness (QED) is 0.743. The minimum Gasteiger partial charge on any atom is -0.454 e. The van der Waals surface area contributed by atoms with Crippen LogP contribution in [0.3, 0.4) is 0 Å². The molecule has 0 atom stereocenters. The summed E-state index contributed by atoms with van der Waals surface area (Å²) in [7, 11) is 0. The van der Waals surface area contributed by atoms with Gasteiger partial charge in [-0.3, -0.25) is 4.79 Å². The van der Waals surface area contributed by atoms with Crippen molar-refractivity contribution in [3.8, 4) is 11.5 Å². The molecule has 1 saturated carbocycles. The maximum Gasteiger partial charge on any atom is 0.247 e. The molecule has 130 valence electrons. The SMILES string of the molecule is O=C(/C=C/c1cccs1)N(Cc1ccc2c(c1)OCO2)C1CCCC1. The van der Waals surface area contributed by atoms with E-state index in [2.05, 4.69) is 0 Å². The Balaban J connectivity index is 1.52. The molecule has 0 radical (unpaired) electrons. The lowest BCUT2D eigenvalue weighted by atomic mass is 10.1. The van der Waals surface area contributed by atoms with Crippen LogP contribution in [-0.2, 0) is 11.3 Å². The minimum absolute atomic E-state index is 0.0815. The second kappa shape index (κ2) is 7.31. The van der Waals surface area contributed by atoms with E-state index in [1.54, 1.807) is 17.4 Å². The molecule has 1 aliphatic heterocycles. The van der Waals surface area contributed by atoms with Crippen molar-refractivity contribution in [3.63, 3.8) is 0 Å². The predicted octanol–water partition coefficient (Wildman–Crippen LogP) is 4.46. The smallest absolute Gasteiger partial charge is 0.247 e. The average molecular weight is 355 g/mol. The highest BCUT2D eigenvalue weighted by Gasteiger charge is 2.26. The summed E-state index contributed by atoms with van der Waals surface area (Å²) in [5.41, 5.74) is 1.08. The van der Waals surface area contributed by atoms with Gasteiger partial charge in [0.1, 0.15) is 0 Å². The topological polar surface area (TPSA) is 38.8 Å². The molecule has 1 aromatic heterocycles. The van der Waals surface area contributed by atoms with Gasteiger partial charge in [0.2, 0.25) is 12.7 Å². The number of fused-ring (bicyclic) bond motifs is 1. The van der Waals surface area contributed by atoms with Crippen LogP contribution in [0.1, 0.15) is 36.1 Å². The van der Waals surface area contributed by atoms with Crippen LogP contribution in [-0.4, -0.2) is 23.6 Å². The Morgan fingerprint density at radius 2 is 2.04 bits per heavy atom. The van der Waals surface area contributed by atoms with Gasteiger partial charge in [-0.2, -0.15) is 0 Å². The first-order valence-electron chi connectivity index (χ1n) is 8.70. The average Bonchev–Trinajstić information content (AvgIpc) is 3.39. The van der Waals surface area contributed by atoms with Crippen LogP contribution in [0.15, 0.2) is 41.8 Å². The summed E-state index contributed by atoms with van der Waals surface area (Å²) < 4.78 is 10.8. The Morgan fingerprint density at radius 3 is 2.84 bits per heavy atom. The number of rotatable bonds is 5. The summed E-state index contributed by atoms with van der Waals surface area (Å²) in [5, 5.41) is 2.02. The Hall–Kier alpha value is -2.27. The first kappa shape index (κ1) is 16.2. The van der Waals surface area contributed by atoms with E-state index in [1.807, 2.05) is 46.7 Å². The molecule has 0 N–H and O–H groups in total. The molecule has 0 spiro atoms. The Morgan fingerprint density at radius 1 is 1.20 bits per heavy atom. The number of hydrogen-bond donors (Lipinski definition) is 0. The number of nitrogens with zero attached hydrogens (tertiary/aromatic N) is 1. The second-order valence-electron chi connectivity index (χ2n) is 6.44. The second-order valence-corrected chi connectivity index (χ2v) is 7.42. The molecule has 4 nitrogen and oxygen atoms in total. The number of thiophene rings is 1. The van der Waals surface area contributed by atoms with E-state index in [0.29, 0.717) is 12.6 Å². The standard InChI is InChI=1S/C20H21NO3S/c22-20(10-8-17-6-3-11-25-17)21(16-4-1-2-5-16)13-15-7-9-18-19(12-15)24-14-23-18/h3,6-12,16H,1-2,4-5,13-14H2/b10-8+. The van der Waals surface area contributed by atoms with Gasteiger partial charge in [0.25, 0.3) is 0 Å². The molecule has 4 rings (SSSR count). The minimum atomic E-state index is 0.0815. The summed E-state index contributed by atoms with van der Waals surface area (Å²) in [4.78, 5) is 16.0. The zero-order chi connectivity index (χ0) is 17.1. The van der Waals surface area contributed by atoms with Gasteiger partial charge in [0, 0.05) is 23.5 Å². The van der Waals surface area contributed by atoms with Crippen molar-refractivity contribution in [2.75, 3.05) is 6.79 Å². The third-order valence-corrected chi connectivity index (χ3v) is 5.61. The summed E-state index contributed by atoms with van der Waals surface area (Å²) in [5.74, 6) is 1.63. The Bertz CT molecular complexity index is 763. The van der Waals surface area contributed by atoms with E-state index in [4.69, 9.17) is 9.47 Å². The van der Waals surface area contributed by atoms with Crippen molar-refractivity contribution < 1.29 is 14.3 Å². The van der Waals surface area contributed by atoms with E-state index >= 15 is 0 Å². The third kappa shape index (κ3) is 3.71. The molecule has 25 heavy (non-hydrogen) atoms. The molecule has 5 heteroatoms. The largest absolute Gasteiger partial charge is 0.454 e. The van der Waals surface area contributed by atoms with Crippen LogP contribution in [0.5, 0.6) is 11.5 Å². The van der Waals surface area contributed by atoms with Gasteiger partial charge < -0.3 is 14.4 Å². The van der Waals surface area contributed by atoms with Crippen molar-refractivity contribution in [2.24, 2.45) is 0 Å². The molecule has 0 saturated heterocycles. The lowest BCUT2D eigenvalue weighted by Gasteiger charge is -2.28. The van der Waals surface area contributed by atoms with Crippen molar-refractivity contribution in [1.82, 2.24) is 4.90 Å². The Labute approximate surface area is 151 Å². The van der Waals surface area contributed by atoms with Crippen molar-refractivity contribution in [1.29, 1.82) is 0 Å². The normalized spacial score (nSPS) is 16.6. The van der Waals surface area contributed by atoms with Gasteiger partial charge in [0.15, 0.2) is 11.5 Å². The van der Waals surface area contributed by atoms with Crippen LogP contribution in [0, 0.1) is 0 Å². The van der Waals surface area contributed by atoms with E-state index in [9.17, 15) is 4.79 Å². The van der Waals surface area contributed by atoms with Gasteiger partial charge in [-0.1, -0.05) is 25.0 Å². The number of ether oxygens (including phenoxy) is 2. The maximum absolute atomic E-state index is 12.9. The number of carbonyl (C=O) groups excluding carboxylic acids is 1. The number of hydrogen-bond acceptors (Lipinski definition) is 4. The van der Waals surface area contributed by atoms with Gasteiger partial charge in [-0.25, -0.2) is 0 Å². The van der Waals surface area contributed by atoms with Crippen LogP contribution >= 0.6 is 11.3 Å². The molecule has 2 aromatic rings. The molecule has 1 amide bonds. The summed E-state index contributed by atoms with van der Waals surface area (Å²) >= 11 is 1.64. The Kier molecular flexibility index (Phi) is 4.74. The molecule has 0 unspecified atom stereocenters. The van der Waals surface area contributed by atoms with E-state index in [1.165, 1.54) is 12.8 Å². The molecule has 1 aliphatic carbocycles. The van der Waals surface area contributed by atoms with Crippen LogP contribution in [0.2, 0.25) is 0 Å². The van der Waals surface area contributed by atoms with Crippen molar-refractivity contribution >= 4 is 23.3 Å². The summed E-state index contributed by atoms with van der Waals surface area (Å²) in [6, 6.07) is 10.3. The number of amides is 1. The summed E-state index contributed by atoms with van der Waals surface area (Å²) in [6.45, 7) is 0.878. The highest BCUT2D eigenvalue weighted by molar-refractivity contribution is 7.10. The lowest BCUT2D eigenvalue weighted by molar-refractivity contribution is -0.128. The van der Waals surface area contributed by atoms with E-state index in [-0.39, 0.29) is 12.7 Å². The number of carbonyl (C=O) groups is 1. The molecule has 0 bridgehead atoms. The third-order valence-electron chi connectivity index (χ3n) is 4.77. The van der Waals surface area contributed by atoms with Crippen LogP contribution in [0.25, 0.3) is 6.08 Å². The van der Waals surface area contributed by atoms with Gasteiger partial charge >= 0.3 is 0 Å². The molecule has 1 aromatic carbocycles. The lowest BCUT2D eigenvalue weighted by Crippen LogP contribution is -2.37. The molecule has 1 fully saturated rings. The van der Waals surface area contributed by atoms with Gasteiger partial charge in [0.05, 0.1) is 0 Å². The first-order chi connectivity index (χ1) is 12.3. The zero-order valence-corrected chi connectivity index (χ0v) is 14.8. The predicted molar refractivity (Wildman–Crippen MR) is 98.7 cm³/mol. The maximum atomic E-state index is 12.9. The molecule has 2 aliphatic rings. The highest BCUT2D eigenvalue weighted by Crippen LogP contribution is 2.33.